The highest BCUT2D eigenvalue weighted by Gasteiger charge is 2.28. The molecule has 1 aliphatic heterocycles. The summed E-state index contributed by atoms with van der Waals surface area (Å²) in [6, 6.07) is 6.04. The molecule has 0 saturated carbocycles. The van der Waals surface area contributed by atoms with Gasteiger partial charge in [-0.3, -0.25) is 0 Å². The van der Waals surface area contributed by atoms with Gasteiger partial charge >= 0.3 is 12.1 Å². The molecule has 2 rings (SSSR count). The minimum Gasteiger partial charge on any atom is -0.497 e. The van der Waals surface area contributed by atoms with E-state index in [0.29, 0.717) is 23.8 Å². The van der Waals surface area contributed by atoms with Crippen LogP contribution in [-0.4, -0.2) is 56.4 Å². The Bertz CT molecular complexity index is 663. The molecular formula is C21H32N2O5. The Morgan fingerprint density at radius 2 is 1.93 bits per heavy atom. The lowest BCUT2D eigenvalue weighted by atomic mass is 9.98. The van der Waals surface area contributed by atoms with Gasteiger partial charge in [0, 0.05) is 0 Å². The Hall–Kier alpha value is -2.28. The molecule has 1 aliphatic rings. The van der Waals surface area contributed by atoms with Crippen LogP contribution < -0.4 is 10.1 Å². The number of esters is 1. The van der Waals surface area contributed by atoms with Crippen LogP contribution in [0.1, 0.15) is 45.2 Å². The number of benzene rings is 1. The summed E-state index contributed by atoms with van der Waals surface area (Å²) in [5.41, 5.74) is -0.0836. The molecule has 0 aromatic heterocycles. The lowest BCUT2D eigenvalue weighted by molar-refractivity contribution is -0.148. The van der Waals surface area contributed by atoms with Gasteiger partial charge in [0.2, 0.25) is 0 Å². The van der Waals surface area contributed by atoms with Gasteiger partial charge in [0.15, 0.2) is 6.04 Å². The van der Waals surface area contributed by atoms with Crippen molar-refractivity contribution < 1.29 is 23.8 Å². The molecule has 1 fully saturated rings. The van der Waals surface area contributed by atoms with E-state index in [4.69, 9.17) is 14.2 Å². The van der Waals surface area contributed by atoms with Crippen molar-refractivity contribution in [3.8, 4) is 5.75 Å². The molecule has 0 radical (unpaired) electrons. The van der Waals surface area contributed by atoms with Crippen molar-refractivity contribution in [1.29, 1.82) is 0 Å². The SMILES string of the molecule is COc1cccc(C(NC(=O)OC(C)(C)C)C(=O)OCC2CCN(C)CC2)c1. The second-order valence-electron chi connectivity index (χ2n) is 8.23. The maximum absolute atomic E-state index is 12.8. The fraction of sp³-hybridized carbons (Fsp3) is 0.619. The molecule has 0 spiro atoms. The number of hydrogen-bond acceptors (Lipinski definition) is 6. The van der Waals surface area contributed by atoms with E-state index in [-0.39, 0.29) is 0 Å². The molecule has 156 valence electrons. The molecule has 1 N–H and O–H groups in total. The van der Waals surface area contributed by atoms with Crippen LogP contribution in [0.25, 0.3) is 0 Å². The van der Waals surface area contributed by atoms with Crippen molar-refractivity contribution in [2.24, 2.45) is 5.92 Å². The Balaban J connectivity index is 2.07. The van der Waals surface area contributed by atoms with Crippen molar-refractivity contribution >= 4 is 12.1 Å². The Kier molecular flexibility index (Phi) is 7.69. The summed E-state index contributed by atoms with van der Waals surface area (Å²) in [5.74, 6) is 0.433. The van der Waals surface area contributed by atoms with E-state index in [1.54, 1.807) is 52.1 Å². The predicted octanol–water partition coefficient (Wildman–Crippen LogP) is 3.15. The van der Waals surface area contributed by atoms with Crippen LogP contribution in [0.4, 0.5) is 4.79 Å². The number of ether oxygens (including phenoxy) is 3. The zero-order valence-electron chi connectivity index (χ0n) is 17.5. The van der Waals surface area contributed by atoms with Crippen molar-refractivity contribution in [3.63, 3.8) is 0 Å². The van der Waals surface area contributed by atoms with Crippen LogP contribution in [0.5, 0.6) is 5.75 Å². The van der Waals surface area contributed by atoms with Gasteiger partial charge in [-0.05, 0) is 77.4 Å². The molecule has 0 bridgehead atoms. The summed E-state index contributed by atoms with van der Waals surface area (Å²) in [7, 11) is 3.64. The van der Waals surface area contributed by atoms with Crippen LogP contribution in [0, 0.1) is 5.92 Å². The number of nitrogens with one attached hydrogen (secondary N) is 1. The van der Waals surface area contributed by atoms with Crippen LogP contribution in [-0.2, 0) is 14.3 Å². The van der Waals surface area contributed by atoms with Crippen LogP contribution in [0.2, 0.25) is 0 Å². The first-order chi connectivity index (χ1) is 13.2. The van der Waals surface area contributed by atoms with E-state index < -0.39 is 23.7 Å². The van der Waals surface area contributed by atoms with Crippen LogP contribution in [0.3, 0.4) is 0 Å². The third-order valence-electron chi connectivity index (χ3n) is 4.62. The van der Waals surface area contributed by atoms with Gasteiger partial charge in [0.25, 0.3) is 0 Å². The topological polar surface area (TPSA) is 77.1 Å². The standard InChI is InChI=1S/C21H32N2O5/c1-21(2,3)28-20(25)22-18(16-7-6-8-17(13-16)26-5)19(24)27-14-15-9-11-23(4)12-10-15/h6-8,13,15,18H,9-12,14H2,1-5H3,(H,22,25). The van der Waals surface area contributed by atoms with E-state index in [9.17, 15) is 9.59 Å². The number of piperidine rings is 1. The van der Waals surface area contributed by atoms with Gasteiger partial charge < -0.3 is 24.4 Å². The zero-order chi connectivity index (χ0) is 20.7. The molecule has 1 unspecified atom stereocenters. The maximum Gasteiger partial charge on any atom is 0.408 e. The average Bonchev–Trinajstić information content (AvgIpc) is 2.64. The molecule has 1 amide bonds. The maximum atomic E-state index is 12.8. The molecule has 7 nitrogen and oxygen atoms in total. The molecule has 7 heteroatoms. The fourth-order valence-corrected chi connectivity index (χ4v) is 3.04. The van der Waals surface area contributed by atoms with Gasteiger partial charge in [-0.25, -0.2) is 9.59 Å². The number of likely N-dealkylation sites (tertiary alicyclic amines) is 1. The Morgan fingerprint density at radius 3 is 2.54 bits per heavy atom. The number of carbonyl (C=O) groups excluding carboxylic acids is 2. The summed E-state index contributed by atoms with van der Waals surface area (Å²) < 4.78 is 16.1. The summed E-state index contributed by atoms with van der Waals surface area (Å²) in [5, 5.41) is 2.64. The number of methoxy groups -OCH3 is 1. The Labute approximate surface area is 167 Å². The monoisotopic (exact) mass is 392 g/mol. The highest BCUT2D eigenvalue weighted by molar-refractivity contribution is 5.83. The normalized spacial score (nSPS) is 16.9. The van der Waals surface area contributed by atoms with E-state index in [2.05, 4.69) is 17.3 Å². The highest BCUT2D eigenvalue weighted by atomic mass is 16.6. The first-order valence-electron chi connectivity index (χ1n) is 9.66. The third kappa shape index (κ3) is 7.03. The average molecular weight is 392 g/mol. The second kappa shape index (κ2) is 9.78. The molecular weight excluding hydrogens is 360 g/mol. The predicted molar refractivity (Wildman–Crippen MR) is 106 cm³/mol. The van der Waals surface area contributed by atoms with E-state index in [1.165, 1.54) is 0 Å². The summed E-state index contributed by atoms with van der Waals surface area (Å²) in [4.78, 5) is 27.3. The smallest absolute Gasteiger partial charge is 0.408 e. The fourth-order valence-electron chi connectivity index (χ4n) is 3.04. The highest BCUT2D eigenvalue weighted by Crippen LogP contribution is 2.23. The third-order valence-corrected chi connectivity index (χ3v) is 4.62. The molecule has 1 saturated heterocycles. The summed E-state index contributed by atoms with van der Waals surface area (Å²) in [6.45, 7) is 7.65. The lowest BCUT2D eigenvalue weighted by Crippen LogP contribution is -2.39. The zero-order valence-corrected chi connectivity index (χ0v) is 17.5. The first kappa shape index (κ1) is 22.0. The number of hydrogen-bond donors (Lipinski definition) is 1. The second-order valence-corrected chi connectivity index (χ2v) is 8.23. The van der Waals surface area contributed by atoms with Crippen molar-refractivity contribution in [2.45, 2.75) is 45.3 Å². The van der Waals surface area contributed by atoms with Crippen molar-refractivity contribution in [3.05, 3.63) is 29.8 Å². The molecule has 1 aromatic carbocycles. The number of rotatable bonds is 6. The molecule has 28 heavy (non-hydrogen) atoms. The largest absolute Gasteiger partial charge is 0.497 e. The Morgan fingerprint density at radius 1 is 1.25 bits per heavy atom. The first-order valence-corrected chi connectivity index (χ1v) is 9.66. The minimum atomic E-state index is -0.962. The van der Waals surface area contributed by atoms with E-state index >= 15 is 0 Å². The van der Waals surface area contributed by atoms with Crippen molar-refractivity contribution in [2.75, 3.05) is 33.9 Å². The van der Waals surface area contributed by atoms with Crippen molar-refractivity contribution in [1.82, 2.24) is 10.2 Å². The van der Waals surface area contributed by atoms with Gasteiger partial charge in [-0.1, -0.05) is 12.1 Å². The lowest BCUT2D eigenvalue weighted by Gasteiger charge is -2.29. The van der Waals surface area contributed by atoms with Crippen LogP contribution in [0.15, 0.2) is 24.3 Å². The number of carbonyl (C=O) groups is 2. The van der Waals surface area contributed by atoms with Gasteiger partial charge in [-0.2, -0.15) is 0 Å². The minimum absolute atomic E-state index is 0.340. The summed E-state index contributed by atoms with van der Waals surface area (Å²) in [6.07, 6.45) is 1.32. The quantitative estimate of drug-likeness (QED) is 0.750. The number of alkyl carbamates (subject to hydrolysis) is 1. The molecule has 1 heterocycles. The van der Waals surface area contributed by atoms with Gasteiger partial charge in [0.1, 0.15) is 11.4 Å². The molecule has 1 atom stereocenters. The molecule has 1 aromatic rings. The summed E-state index contributed by atoms with van der Waals surface area (Å²) >= 11 is 0. The number of nitrogens with zero attached hydrogens (tertiary/aromatic N) is 1. The van der Waals surface area contributed by atoms with Gasteiger partial charge in [0.05, 0.1) is 13.7 Å². The van der Waals surface area contributed by atoms with E-state index in [1.807, 2.05) is 0 Å². The number of amides is 1. The van der Waals surface area contributed by atoms with Crippen LogP contribution >= 0.6 is 0 Å². The molecule has 0 aliphatic carbocycles. The van der Waals surface area contributed by atoms with E-state index in [0.717, 1.165) is 25.9 Å². The van der Waals surface area contributed by atoms with Gasteiger partial charge in [-0.15, -0.1) is 0 Å².